The van der Waals surface area contributed by atoms with Crippen LogP contribution in [0.2, 0.25) is 0 Å². The average molecular weight is 566 g/mol. The van der Waals surface area contributed by atoms with Gasteiger partial charge in [-0.3, -0.25) is 0 Å². The van der Waals surface area contributed by atoms with E-state index in [4.69, 9.17) is 18.9 Å². The molecule has 0 amide bonds. The minimum Gasteiger partial charge on any atom is -0.353 e. The molecule has 0 fully saturated rings. The van der Waals surface area contributed by atoms with E-state index < -0.39 is 0 Å². The van der Waals surface area contributed by atoms with Crippen molar-refractivity contribution in [1.82, 2.24) is 0 Å². The molecule has 5 heteroatoms. The lowest BCUT2D eigenvalue weighted by Gasteiger charge is -2.28. The molecule has 5 nitrogen and oxygen atoms in total. The number of hydrogen-bond acceptors (Lipinski definition) is 5. The first-order valence-electron chi connectivity index (χ1n) is 15.0. The minimum absolute atomic E-state index is 0.0789. The van der Waals surface area contributed by atoms with Gasteiger partial charge >= 0.3 is 0 Å². The molecule has 0 radical (unpaired) electrons. The van der Waals surface area contributed by atoms with Gasteiger partial charge in [-0.1, -0.05) is 68.4 Å². The Morgan fingerprint density at radius 2 is 1.05 bits per heavy atom. The lowest BCUT2D eigenvalue weighted by Crippen LogP contribution is -2.16. The summed E-state index contributed by atoms with van der Waals surface area (Å²) in [6.07, 6.45) is -0.465. The zero-order valence-corrected chi connectivity index (χ0v) is 25.7. The number of benzene rings is 4. The van der Waals surface area contributed by atoms with Gasteiger partial charge < -0.3 is 23.8 Å². The predicted molar refractivity (Wildman–Crippen MR) is 170 cm³/mol. The van der Waals surface area contributed by atoms with Gasteiger partial charge in [0.1, 0.15) is 0 Å². The van der Waals surface area contributed by atoms with Gasteiger partial charge in [0.15, 0.2) is 12.6 Å². The van der Waals surface area contributed by atoms with E-state index in [1.165, 1.54) is 22.3 Å². The molecule has 4 aromatic rings. The molecule has 0 aromatic heterocycles. The number of fused-ring (bicyclic) bond motifs is 3. The summed E-state index contributed by atoms with van der Waals surface area (Å²) in [5.74, 6) is 0. The summed E-state index contributed by atoms with van der Waals surface area (Å²) in [4.78, 5) is 2.32. The Bertz CT molecular complexity index is 1400. The molecule has 0 saturated carbocycles. The van der Waals surface area contributed by atoms with Crippen molar-refractivity contribution >= 4 is 17.1 Å². The van der Waals surface area contributed by atoms with Gasteiger partial charge in [0, 0.05) is 35.7 Å². The molecule has 2 unspecified atom stereocenters. The second-order valence-electron chi connectivity index (χ2n) is 11.2. The molecule has 0 saturated heterocycles. The van der Waals surface area contributed by atoms with Crippen LogP contribution in [0.15, 0.2) is 91.0 Å². The Morgan fingerprint density at radius 1 is 0.571 bits per heavy atom. The van der Waals surface area contributed by atoms with Crippen LogP contribution >= 0.6 is 0 Å². The van der Waals surface area contributed by atoms with Crippen molar-refractivity contribution in [2.45, 2.75) is 72.8 Å². The lowest BCUT2D eigenvalue weighted by atomic mass is 9.82. The van der Waals surface area contributed by atoms with Gasteiger partial charge in [0.2, 0.25) is 0 Å². The number of rotatable bonds is 13. The van der Waals surface area contributed by atoms with Gasteiger partial charge in [0.05, 0.1) is 13.2 Å². The molecule has 0 bridgehead atoms. The first-order valence-corrected chi connectivity index (χ1v) is 15.0. The Hall–Kier alpha value is -3.48. The monoisotopic (exact) mass is 565 g/mol. The molecule has 5 rings (SSSR count). The van der Waals surface area contributed by atoms with E-state index in [0.717, 1.165) is 28.2 Å². The smallest absolute Gasteiger partial charge is 0.155 e. The largest absolute Gasteiger partial charge is 0.353 e. The molecule has 220 valence electrons. The predicted octanol–water partition coefficient (Wildman–Crippen LogP) is 9.26. The van der Waals surface area contributed by atoms with E-state index in [1.807, 2.05) is 27.7 Å². The minimum atomic E-state index is -0.232. The van der Waals surface area contributed by atoms with Gasteiger partial charge in [0.25, 0.3) is 0 Å². The van der Waals surface area contributed by atoms with E-state index >= 15 is 0 Å². The molecule has 0 N–H and O–H groups in total. The molecule has 0 heterocycles. The van der Waals surface area contributed by atoms with Crippen LogP contribution < -0.4 is 4.90 Å². The first kappa shape index (κ1) is 30.0. The summed E-state index contributed by atoms with van der Waals surface area (Å²) in [6.45, 7) is 14.7. The van der Waals surface area contributed by atoms with Crippen LogP contribution in [0, 0.1) is 0 Å². The van der Waals surface area contributed by atoms with Crippen molar-refractivity contribution < 1.29 is 18.9 Å². The average Bonchev–Trinajstić information content (AvgIpc) is 3.23. The third-order valence-electron chi connectivity index (χ3n) is 7.99. The molecular formula is C37H43NO4. The van der Waals surface area contributed by atoms with Gasteiger partial charge in [-0.05, 0) is 97.5 Å². The number of hydrogen-bond donors (Lipinski definition) is 0. The molecule has 2 atom stereocenters. The standard InChI is InChI=1S/C37H43NO4/c1-7-39-26(3)41-24-28-13-17-30(18-14-28)38(31-19-15-29(16-20-31)25-42-27(4)40-8-2)32-21-22-34-33-11-9-10-12-35(33)37(5,6)36(34)23-32/h9-23,26-27H,7-8,24-25H2,1-6H3. The van der Waals surface area contributed by atoms with Gasteiger partial charge in [-0.2, -0.15) is 0 Å². The van der Waals surface area contributed by atoms with Crippen LogP contribution in [0.5, 0.6) is 0 Å². The summed E-state index contributed by atoms with van der Waals surface area (Å²) in [5, 5.41) is 0. The molecule has 0 spiro atoms. The molecule has 1 aliphatic rings. The SMILES string of the molecule is CCOC(C)OCc1ccc(N(c2ccc(COC(C)OCC)cc2)c2ccc3c(c2)C(C)(C)c2ccccc2-3)cc1. The summed E-state index contributed by atoms with van der Waals surface area (Å²) in [5.41, 5.74) is 10.8. The number of anilines is 3. The van der Waals surface area contributed by atoms with Crippen LogP contribution in [0.25, 0.3) is 11.1 Å². The van der Waals surface area contributed by atoms with E-state index in [0.29, 0.717) is 26.4 Å². The van der Waals surface area contributed by atoms with Crippen molar-refractivity contribution in [3.8, 4) is 11.1 Å². The zero-order valence-electron chi connectivity index (χ0n) is 25.7. The fourth-order valence-electron chi connectivity index (χ4n) is 5.75. The fourth-order valence-corrected chi connectivity index (χ4v) is 5.75. The highest BCUT2D eigenvalue weighted by Crippen LogP contribution is 2.50. The van der Waals surface area contributed by atoms with Crippen molar-refractivity contribution in [3.05, 3.63) is 113 Å². The van der Waals surface area contributed by atoms with Crippen molar-refractivity contribution in [2.24, 2.45) is 0 Å². The van der Waals surface area contributed by atoms with Crippen LogP contribution in [-0.2, 0) is 37.6 Å². The Balaban J connectivity index is 1.47. The van der Waals surface area contributed by atoms with Gasteiger partial charge in [-0.15, -0.1) is 0 Å². The third-order valence-corrected chi connectivity index (χ3v) is 7.99. The maximum absolute atomic E-state index is 5.85. The van der Waals surface area contributed by atoms with Crippen LogP contribution in [0.3, 0.4) is 0 Å². The number of nitrogens with zero attached hydrogens (tertiary/aromatic N) is 1. The Labute approximate surface area is 251 Å². The molecule has 4 aromatic carbocycles. The van der Waals surface area contributed by atoms with Crippen molar-refractivity contribution in [3.63, 3.8) is 0 Å². The molecule has 1 aliphatic carbocycles. The lowest BCUT2D eigenvalue weighted by molar-refractivity contribution is -0.134. The van der Waals surface area contributed by atoms with E-state index in [1.54, 1.807) is 0 Å². The topological polar surface area (TPSA) is 40.2 Å². The Morgan fingerprint density at radius 3 is 1.57 bits per heavy atom. The zero-order chi connectivity index (χ0) is 29.7. The highest BCUT2D eigenvalue weighted by molar-refractivity contribution is 5.85. The second-order valence-corrected chi connectivity index (χ2v) is 11.2. The first-order chi connectivity index (χ1) is 20.3. The summed E-state index contributed by atoms with van der Waals surface area (Å²) >= 11 is 0. The van der Waals surface area contributed by atoms with Crippen LogP contribution in [-0.4, -0.2) is 25.8 Å². The fraction of sp³-hybridized carbons (Fsp3) is 0.351. The quantitative estimate of drug-likeness (QED) is 0.151. The maximum atomic E-state index is 5.85. The molecule has 42 heavy (non-hydrogen) atoms. The van der Waals surface area contributed by atoms with Gasteiger partial charge in [-0.25, -0.2) is 0 Å². The third kappa shape index (κ3) is 6.45. The maximum Gasteiger partial charge on any atom is 0.155 e. The molecular weight excluding hydrogens is 522 g/mol. The highest BCUT2D eigenvalue weighted by atomic mass is 16.7. The Kier molecular flexibility index (Phi) is 9.44. The van der Waals surface area contributed by atoms with E-state index in [-0.39, 0.29) is 18.0 Å². The van der Waals surface area contributed by atoms with Crippen molar-refractivity contribution in [1.29, 1.82) is 0 Å². The number of ether oxygens (including phenoxy) is 4. The van der Waals surface area contributed by atoms with E-state index in [9.17, 15) is 0 Å². The summed E-state index contributed by atoms with van der Waals surface area (Å²) in [6, 6.07) is 32.8. The highest BCUT2D eigenvalue weighted by Gasteiger charge is 2.35. The molecule has 0 aliphatic heterocycles. The normalized spacial score (nSPS) is 14.7. The van der Waals surface area contributed by atoms with Crippen molar-refractivity contribution in [2.75, 3.05) is 18.1 Å². The van der Waals surface area contributed by atoms with Crippen LogP contribution in [0.4, 0.5) is 17.1 Å². The van der Waals surface area contributed by atoms with Crippen LogP contribution in [0.1, 0.15) is 63.8 Å². The van der Waals surface area contributed by atoms with E-state index in [2.05, 4.69) is 110 Å². The second kappa shape index (κ2) is 13.2. The summed E-state index contributed by atoms with van der Waals surface area (Å²) in [7, 11) is 0. The summed E-state index contributed by atoms with van der Waals surface area (Å²) < 4.78 is 22.8.